The zero-order chi connectivity index (χ0) is 43.0. The van der Waals surface area contributed by atoms with E-state index in [1.165, 1.54) is 19.8 Å². The van der Waals surface area contributed by atoms with Crippen LogP contribution in [0.15, 0.2) is 97.1 Å². The van der Waals surface area contributed by atoms with E-state index >= 15 is 0 Å². The summed E-state index contributed by atoms with van der Waals surface area (Å²) in [6, 6.07) is 30.4. The number of hydrogen-bond acceptors (Lipinski definition) is 11. The molecule has 0 atom stereocenters. The van der Waals surface area contributed by atoms with Crippen LogP contribution in [0.25, 0.3) is 0 Å². The number of carbonyl (C=O) groups is 4. The van der Waals surface area contributed by atoms with Gasteiger partial charge in [-0.3, -0.25) is 14.5 Å². The first kappa shape index (κ1) is 46.4. The van der Waals surface area contributed by atoms with Gasteiger partial charge in [-0.05, 0) is 117 Å². The van der Waals surface area contributed by atoms with Crippen LogP contribution in [0, 0.1) is 0 Å². The van der Waals surface area contributed by atoms with Gasteiger partial charge in [-0.15, -0.1) is 11.6 Å². The van der Waals surface area contributed by atoms with Crippen molar-refractivity contribution in [3.8, 4) is 0 Å². The summed E-state index contributed by atoms with van der Waals surface area (Å²) < 4.78 is 9.29. The molecule has 4 aromatic rings. The lowest BCUT2D eigenvalue weighted by molar-refractivity contribution is 0.0592. The van der Waals surface area contributed by atoms with Crippen LogP contribution in [0.2, 0.25) is 0 Å². The zero-order valence-electron chi connectivity index (χ0n) is 35.1. The molecule has 2 fully saturated rings. The van der Waals surface area contributed by atoms with Gasteiger partial charge in [-0.1, -0.05) is 55.5 Å². The number of piperidine rings is 2. The highest BCUT2D eigenvalue weighted by Gasteiger charge is 2.38. The van der Waals surface area contributed by atoms with Crippen LogP contribution in [0.1, 0.15) is 111 Å². The number of nitrogens with one attached hydrogen (secondary N) is 3. The first-order valence-electron chi connectivity index (χ1n) is 20.8. The molecule has 320 valence electrons. The van der Waals surface area contributed by atoms with Crippen LogP contribution in [0.5, 0.6) is 0 Å². The fourth-order valence-corrected chi connectivity index (χ4v) is 8.28. The Balaban J connectivity index is 0.000000181. The fourth-order valence-electron chi connectivity index (χ4n) is 8.11. The molecular formula is C48H59ClN4O6S. The number of para-hydroxylation sites is 2. The van der Waals surface area contributed by atoms with E-state index in [2.05, 4.69) is 38.2 Å². The summed E-state index contributed by atoms with van der Waals surface area (Å²) in [6.07, 6.45) is 7.39. The number of methoxy groups -OCH3 is 2. The Labute approximate surface area is 365 Å². The Morgan fingerprint density at radius 1 is 0.650 bits per heavy atom. The maximum Gasteiger partial charge on any atom is 0.337 e. The summed E-state index contributed by atoms with van der Waals surface area (Å²) >= 11 is 9.37. The van der Waals surface area contributed by atoms with Crippen molar-refractivity contribution in [2.24, 2.45) is 0 Å². The molecule has 3 N–H and O–H groups in total. The van der Waals surface area contributed by atoms with Gasteiger partial charge in [-0.25, -0.2) is 9.59 Å². The van der Waals surface area contributed by atoms with Gasteiger partial charge in [0.1, 0.15) is 0 Å². The lowest BCUT2D eigenvalue weighted by Crippen LogP contribution is -2.48. The molecular weight excluding hydrogens is 796 g/mol. The summed E-state index contributed by atoms with van der Waals surface area (Å²) in [5.41, 5.74) is 7.15. The van der Waals surface area contributed by atoms with Gasteiger partial charge in [-0.2, -0.15) is 12.6 Å². The van der Waals surface area contributed by atoms with Crippen molar-refractivity contribution < 1.29 is 28.7 Å². The second-order valence-electron chi connectivity index (χ2n) is 15.6. The van der Waals surface area contributed by atoms with Crippen molar-refractivity contribution in [1.29, 1.82) is 0 Å². The number of ketones is 2. The molecule has 0 aliphatic carbocycles. The Kier molecular flexibility index (Phi) is 17.6. The summed E-state index contributed by atoms with van der Waals surface area (Å²) in [5, 5.41) is 10.7. The van der Waals surface area contributed by atoms with Crippen LogP contribution < -0.4 is 16.0 Å². The molecule has 0 saturated carbocycles. The van der Waals surface area contributed by atoms with Crippen LogP contribution in [-0.2, 0) is 21.9 Å². The van der Waals surface area contributed by atoms with Crippen molar-refractivity contribution in [2.75, 3.05) is 56.8 Å². The fraction of sp³-hybridized carbons (Fsp3) is 0.417. The Bertz CT molecular complexity index is 2030. The number of anilines is 2. The molecule has 60 heavy (non-hydrogen) atoms. The van der Waals surface area contributed by atoms with Crippen molar-refractivity contribution >= 4 is 59.1 Å². The van der Waals surface area contributed by atoms with E-state index in [9.17, 15) is 19.2 Å². The molecule has 12 heteroatoms. The Morgan fingerprint density at radius 3 is 1.50 bits per heavy atom. The second-order valence-corrected chi connectivity index (χ2v) is 16.5. The average molecular weight is 856 g/mol. The van der Waals surface area contributed by atoms with E-state index in [4.69, 9.17) is 16.3 Å². The molecule has 0 amide bonds. The number of likely N-dealkylation sites (tertiary alicyclic amines) is 1. The average Bonchev–Trinajstić information content (AvgIpc) is 3.51. The number of thiol groups is 1. The number of alkyl halides is 1. The van der Waals surface area contributed by atoms with Crippen molar-refractivity contribution in [3.05, 3.63) is 130 Å². The first-order valence-corrected chi connectivity index (χ1v) is 22.0. The van der Waals surface area contributed by atoms with E-state index < -0.39 is 0 Å². The number of esters is 2. The predicted octanol–water partition coefficient (Wildman–Crippen LogP) is 9.24. The monoisotopic (exact) mass is 854 g/mol. The van der Waals surface area contributed by atoms with Crippen molar-refractivity contribution in [3.63, 3.8) is 0 Å². The highest BCUT2D eigenvalue weighted by atomic mass is 35.5. The topological polar surface area (TPSA) is 126 Å². The lowest BCUT2D eigenvalue weighted by atomic mass is 9.83. The normalized spacial score (nSPS) is 17.4. The molecule has 2 spiro atoms. The molecule has 4 aromatic carbocycles. The van der Waals surface area contributed by atoms with E-state index in [0.717, 1.165) is 105 Å². The smallest absolute Gasteiger partial charge is 0.337 e. The molecule has 4 aliphatic rings. The van der Waals surface area contributed by atoms with Gasteiger partial charge in [0.05, 0.1) is 25.3 Å². The molecule has 0 radical (unpaired) electrons. The first-order chi connectivity index (χ1) is 29.1. The van der Waals surface area contributed by atoms with Gasteiger partial charge < -0.3 is 25.4 Å². The van der Waals surface area contributed by atoms with Crippen molar-refractivity contribution in [2.45, 2.75) is 81.8 Å². The number of carbonyl (C=O) groups excluding carboxylic acids is 4. The summed E-state index contributed by atoms with van der Waals surface area (Å²) in [7, 11) is 2.76. The van der Waals surface area contributed by atoms with E-state index in [0.29, 0.717) is 29.8 Å². The molecule has 4 aliphatic heterocycles. The number of nitrogens with zero attached hydrogens (tertiary/aromatic N) is 1. The second kappa shape index (κ2) is 22.8. The molecule has 2 saturated heterocycles. The van der Waals surface area contributed by atoms with E-state index in [1.54, 1.807) is 24.3 Å². The lowest BCUT2D eigenvalue weighted by Gasteiger charge is -2.42. The summed E-state index contributed by atoms with van der Waals surface area (Å²) in [6.45, 7) is 6.92. The number of Topliss-reactive ketones (excluding diaryl/α,β-unsaturated/α-hetero) is 2. The third-order valence-electron chi connectivity index (χ3n) is 11.6. The molecule has 0 bridgehead atoms. The number of halogens is 1. The van der Waals surface area contributed by atoms with Crippen molar-refractivity contribution in [1.82, 2.24) is 10.2 Å². The highest BCUT2D eigenvalue weighted by molar-refractivity contribution is 7.80. The summed E-state index contributed by atoms with van der Waals surface area (Å²) in [4.78, 5) is 49.5. The van der Waals surface area contributed by atoms with E-state index in [-0.39, 0.29) is 34.6 Å². The Hall–Kier alpha value is -4.68. The number of ether oxygens (including phenoxy) is 2. The number of fused-ring (bicyclic) bond motifs is 2. The van der Waals surface area contributed by atoms with Gasteiger partial charge >= 0.3 is 11.9 Å². The largest absolute Gasteiger partial charge is 0.465 e. The zero-order valence-corrected chi connectivity index (χ0v) is 36.7. The standard InChI is InChI=1S/C23H26N2O3.C14H18N2O.C9H9ClO2.C2H6S/c1-28-22(27)18-8-6-17(7-9-18)16-25-14-12-23(13-15-25)11-10-21(26)19-4-2-3-5-20(19)24-23;17-13-5-6-14(7-9-15-10-8-14)16-12-4-2-1-3-11(12)13;1-12-9(11)8-4-2-7(6-10)3-5-8;1-2-3/h2-9,24H,10-16H2,1H3;1-4,15-16H,5-10H2;2-5H,6H2,1H3;3H,2H2,1H3. The molecule has 0 unspecified atom stereocenters. The molecule has 8 rings (SSSR count). The summed E-state index contributed by atoms with van der Waals surface area (Å²) in [5.74, 6) is 1.30. The molecule has 0 aromatic heterocycles. The van der Waals surface area contributed by atoms with Gasteiger partial charge in [0.2, 0.25) is 0 Å². The third kappa shape index (κ3) is 12.7. The molecule has 4 heterocycles. The Morgan fingerprint density at radius 2 is 1.07 bits per heavy atom. The molecule has 10 nitrogen and oxygen atoms in total. The van der Waals surface area contributed by atoms with Gasteiger partial charge in [0, 0.05) is 71.9 Å². The van der Waals surface area contributed by atoms with Crippen LogP contribution in [0.3, 0.4) is 0 Å². The third-order valence-corrected chi connectivity index (χ3v) is 11.9. The number of benzene rings is 4. The van der Waals surface area contributed by atoms with Gasteiger partial charge in [0.25, 0.3) is 0 Å². The van der Waals surface area contributed by atoms with E-state index in [1.807, 2.05) is 79.7 Å². The quantitative estimate of drug-likeness (QED) is 0.0878. The number of rotatable bonds is 5. The SMILES string of the molecule is CCS.COC(=O)c1ccc(CCl)cc1.COC(=O)c1ccc(CN2CCC3(CCC(=O)c4ccccc4N3)CC2)cc1.O=C1CCC2(CCNCC2)Nc2ccccc21. The maximum atomic E-state index is 12.5. The highest BCUT2D eigenvalue weighted by Crippen LogP contribution is 2.37. The van der Waals surface area contributed by atoms with Crippen LogP contribution >= 0.6 is 24.2 Å². The van der Waals surface area contributed by atoms with Gasteiger partial charge in [0.15, 0.2) is 11.6 Å². The number of hydrogen-bond donors (Lipinski definition) is 4. The minimum absolute atomic E-state index is 0.00745. The minimum Gasteiger partial charge on any atom is -0.465 e. The maximum absolute atomic E-state index is 12.5. The van der Waals surface area contributed by atoms with Crippen LogP contribution in [0.4, 0.5) is 11.4 Å². The predicted molar refractivity (Wildman–Crippen MR) is 244 cm³/mol. The van der Waals surface area contributed by atoms with Crippen LogP contribution in [-0.4, -0.2) is 85.6 Å². The minimum atomic E-state index is -0.323.